The molecule has 0 bridgehead atoms. The van der Waals surface area contributed by atoms with Gasteiger partial charge in [-0.3, -0.25) is 0 Å². The Hall–Kier alpha value is -0.670. The number of piperidine rings is 1. The smallest absolute Gasteiger partial charge is 0.133 e. The maximum Gasteiger partial charge on any atom is 0.133 e. The first kappa shape index (κ1) is 13.4. The highest BCUT2D eigenvalue weighted by Gasteiger charge is 2.22. The maximum atomic E-state index is 13.8. The van der Waals surface area contributed by atoms with Gasteiger partial charge in [-0.1, -0.05) is 12.5 Å². The third-order valence-corrected chi connectivity index (χ3v) is 2.98. The highest BCUT2D eigenvalue weighted by Crippen LogP contribution is 2.28. The van der Waals surface area contributed by atoms with Gasteiger partial charge in [0, 0.05) is 11.6 Å². The van der Waals surface area contributed by atoms with Crippen LogP contribution in [-0.2, 0) is 0 Å². The zero-order valence-electron chi connectivity index (χ0n) is 9.22. The Kier molecular flexibility index (Phi) is 4.69. The summed E-state index contributed by atoms with van der Waals surface area (Å²) in [6.07, 6.45) is 2.94. The molecule has 1 fully saturated rings. The van der Waals surface area contributed by atoms with E-state index in [1.807, 2.05) is 0 Å². The first-order valence-corrected chi connectivity index (χ1v) is 5.38. The van der Waals surface area contributed by atoms with Crippen LogP contribution in [0.3, 0.4) is 0 Å². The second-order valence-electron chi connectivity index (χ2n) is 4.09. The van der Waals surface area contributed by atoms with E-state index in [4.69, 9.17) is 0 Å². The minimum absolute atomic E-state index is 0. The van der Waals surface area contributed by atoms with Crippen LogP contribution in [0.5, 0.6) is 0 Å². The number of hydrogen-bond acceptors (Lipinski definition) is 1. The van der Waals surface area contributed by atoms with Gasteiger partial charge in [-0.05, 0) is 37.9 Å². The van der Waals surface area contributed by atoms with Gasteiger partial charge in [-0.25, -0.2) is 8.78 Å². The molecule has 0 saturated carbocycles. The van der Waals surface area contributed by atoms with E-state index in [0.717, 1.165) is 25.8 Å². The van der Waals surface area contributed by atoms with E-state index in [0.29, 0.717) is 5.56 Å². The van der Waals surface area contributed by atoms with Gasteiger partial charge in [0.05, 0.1) is 0 Å². The van der Waals surface area contributed by atoms with E-state index in [1.165, 1.54) is 12.1 Å². The van der Waals surface area contributed by atoms with Crippen molar-refractivity contribution in [1.29, 1.82) is 0 Å². The summed E-state index contributed by atoms with van der Waals surface area (Å²) in [7, 11) is 0. The summed E-state index contributed by atoms with van der Waals surface area (Å²) in [5, 5.41) is 3.16. The molecule has 1 saturated heterocycles. The van der Waals surface area contributed by atoms with Crippen LogP contribution in [0.4, 0.5) is 8.78 Å². The molecule has 0 aromatic heterocycles. The fraction of sp³-hybridized carbons (Fsp3) is 0.500. The summed E-state index contributed by atoms with van der Waals surface area (Å²) in [4.78, 5) is 0. The largest absolute Gasteiger partial charge is 0.310 e. The van der Waals surface area contributed by atoms with Crippen molar-refractivity contribution in [1.82, 2.24) is 5.32 Å². The third-order valence-electron chi connectivity index (χ3n) is 2.98. The molecule has 1 atom stereocenters. The van der Waals surface area contributed by atoms with E-state index >= 15 is 0 Å². The Morgan fingerprint density at radius 3 is 2.62 bits per heavy atom. The Morgan fingerprint density at radius 1 is 1.25 bits per heavy atom. The normalized spacial score (nSPS) is 20.3. The van der Waals surface area contributed by atoms with E-state index < -0.39 is 11.6 Å². The minimum Gasteiger partial charge on any atom is -0.310 e. The van der Waals surface area contributed by atoms with Crippen LogP contribution in [0.1, 0.15) is 36.4 Å². The fourth-order valence-electron chi connectivity index (χ4n) is 2.10. The Balaban J connectivity index is 0.00000128. The molecule has 4 heteroatoms. The van der Waals surface area contributed by atoms with Crippen molar-refractivity contribution in [2.45, 2.75) is 32.2 Å². The first-order valence-electron chi connectivity index (χ1n) is 5.38. The molecule has 1 N–H and O–H groups in total. The number of benzene rings is 1. The van der Waals surface area contributed by atoms with Gasteiger partial charge in [0.25, 0.3) is 0 Å². The lowest BCUT2D eigenvalue weighted by molar-refractivity contribution is 0.384. The summed E-state index contributed by atoms with van der Waals surface area (Å²) in [5.74, 6) is -0.827. The summed E-state index contributed by atoms with van der Waals surface area (Å²) >= 11 is 0. The molecule has 1 aliphatic rings. The summed E-state index contributed by atoms with van der Waals surface area (Å²) in [6, 6.07) is 2.68. The maximum absolute atomic E-state index is 13.8. The molecule has 0 aliphatic carbocycles. The average molecular weight is 248 g/mol. The molecule has 1 heterocycles. The van der Waals surface area contributed by atoms with Gasteiger partial charge in [-0.2, -0.15) is 0 Å². The molecule has 0 amide bonds. The molecular formula is C12H16ClF2N. The Labute approximate surface area is 101 Å². The molecule has 1 aliphatic heterocycles. The van der Waals surface area contributed by atoms with Gasteiger partial charge in [0.1, 0.15) is 11.6 Å². The predicted molar refractivity (Wildman–Crippen MR) is 62.9 cm³/mol. The number of aryl methyl sites for hydroxylation is 1. The first-order chi connectivity index (χ1) is 7.20. The van der Waals surface area contributed by atoms with Crippen molar-refractivity contribution in [3.05, 3.63) is 34.9 Å². The van der Waals surface area contributed by atoms with Crippen LogP contribution in [0.2, 0.25) is 0 Å². The van der Waals surface area contributed by atoms with Crippen molar-refractivity contribution in [3.63, 3.8) is 0 Å². The van der Waals surface area contributed by atoms with Crippen molar-refractivity contribution < 1.29 is 8.78 Å². The standard InChI is InChI=1S/C12H15F2N.ClH/c1-8-5-6-9(13)11(12(8)14)10-4-2-3-7-15-10;/h5-6,10,15H,2-4,7H2,1H3;1H/t10-;/m1./s1. The zero-order chi connectivity index (χ0) is 10.8. The quantitative estimate of drug-likeness (QED) is 0.801. The molecule has 2 rings (SSSR count). The lowest BCUT2D eigenvalue weighted by atomic mass is 9.95. The molecule has 0 unspecified atom stereocenters. The average Bonchev–Trinajstić information content (AvgIpc) is 2.26. The van der Waals surface area contributed by atoms with E-state index in [-0.39, 0.29) is 24.0 Å². The number of halogens is 3. The van der Waals surface area contributed by atoms with Gasteiger partial charge in [-0.15, -0.1) is 12.4 Å². The van der Waals surface area contributed by atoms with E-state index in [2.05, 4.69) is 5.32 Å². The van der Waals surface area contributed by atoms with Crippen molar-refractivity contribution in [2.75, 3.05) is 6.54 Å². The molecule has 0 radical (unpaired) electrons. The summed E-state index contributed by atoms with van der Waals surface area (Å²) in [6.45, 7) is 2.51. The Morgan fingerprint density at radius 2 is 2.00 bits per heavy atom. The topological polar surface area (TPSA) is 12.0 Å². The van der Waals surface area contributed by atoms with E-state index in [9.17, 15) is 8.78 Å². The lowest BCUT2D eigenvalue weighted by Gasteiger charge is -2.25. The van der Waals surface area contributed by atoms with Gasteiger partial charge in [0.2, 0.25) is 0 Å². The highest BCUT2D eigenvalue weighted by molar-refractivity contribution is 5.85. The van der Waals surface area contributed by atoms with Gasteiger partial charge in [0.15, 0.2) is 0 Å². The molecule has 1 nitrogen and oxygen atoms in total. The van der Waals surface area contributed by atoms with Crippen LogP contribution in [0.25, 0.3) is 0 Å². The number of rotatable bonds is 1. The van der Waals surface area contributed by atoms with Crippen LogP contribution in [-0.4, -0.2) is 6.54 Å². The SMILES string of the molecule is Cc1ccc(F)c([C@H]2CCCCN2)c1F.Cl. The van der Waals surface area contributed by atoms with Crippen molar-refractivity contribution >= 4 is 12.4 Å². The molecule has 1 aromatic rings. The van der Waals surface area contributed by atoms with Crippen LogP contribution < -0.4 is 5.32 Å². The Bertz CT molecular complexity index is 362. The summed E-state index contributed by atoms with van der Waals surface area (Å²) < 4.78 is 27.3. The third kappa shape index (κ3) is 2.53. The number of hydrogen-bond donors (Lipinski definition) is 1. The molecule has 1 aromatic carbocycles. The van der Waals surface area contributed by atoms with E-state index in [1.54, 1.807) is 6.92 Å². The number of nitrogens with one attached hydrogen (secondary N) is 1. The van der Waals surface area contributed by atoms with Gasteiger partial charge < -0.3 is 5.32 Å². The molecule has 90 valence electrons. The zero-order valence-corrected chi connectivity index (χ0v) is 10.0. The highest BCUT2D eigenvalue weighted by atomic mass is 35.5. The lowest BCUT2D eigenvalue weighted by Crippen LogP contribution is -2.28. The van der Waals surface area contributed by atoms with Gasteiger partial charge >= 0.3 is 0 Å². The molecular weight excluding hydrogens is 232 g/mol. The molecule has 16 heavy (non-hydrogen) atoms. The monoisotopic (exact) mass is 247 g/mol. The fourth-order valence-corrected chi connectivity index (χ4v) is 2.10. The minimum atomic E-state index is -0.433. The second kappa shape index (κ2) is 5.60. The van der Waals surface area contributed by atoms with Crippen LogP contribution in [0, 0.1) is 18.6 Å². The molecule has 0 spiro atoms. The van der Waals surface area contributed by atoms with Crippen molar-refractivity contribution in [2.24, 2.45) is 0 Å². The summed E-state index contributed by atoms with van der Waals surface area (Å²) in [5.41, 5.74) is 0.730. The van der Waals surface area contributed by atoms with Crippen LogP contribution in [0.15, 0.2) is 12.1 Å². The van der Waals surface area contributed by atoms with Crippen LogP contribution >= 0.6 is 12.4 Å². The predicted octanol–water partition coefficient (Wildman–Crippen LogP) is 3.51. The second-order valence-corrected chi connectivity index (χ2v) is 4.09. The van der Waals surface area contributed by atoms with Crippen molar-refractivity contribution in [3.8, 4) is 0 Å².